The van der Waals surface area contributed by atoms with Gasteiger partial charge in [0.2, 0.25) is 0 Å². The molecule has 0 aliphatic rings. The average molecular weight is 184 g/mol. The third-order valence-electron chi connectivity index (χ3n) is 2.09. The van der Waals surface area contributed by atoms with E-state index in [1.54, 1.807) is 6.08 Å². The second-order valence-electron chi connectivity index (χ2n) is 3.69. The molecule has 0 aliphatic carbocycles. The summed E-state index contributed by atoms with van der Waals surface area (Å²) in [7, 11) is 1.42. The summed E-state index contributed by atoms with van der Waals surface area (Å²) in [5.41, 5.74) is 0. The highest BCUT2D eigenvalue weighted by atomic mass is 16.5. The van der Waals surface area contributed by atoms with Gasteiger partial charge in [0.05, 0.1) is 13.0 Å². The smallest absolute Gasteiger partial charge is 0.312 e. The van der Waals surface area contributed by atoms with Crippen molar-refractivity contribution in [1.29, 1.82) is 0 Å². The third kappa shape index (κ3) is 5.45. The van der Waals surface area contributed by atoms with E-state index in [-0.39, 0.29) is 11.9 Å². The first kappa shape index (κ1) is 12.2. The fourth-order valence-corrected chi connectivity index (χ4v) is 1.23. The topological polar surface area (TPSA) is 26.3 Å². The predicted molar refractivity (Wildman–Crippen MR) is 54.4 cm³/mol. The molecule has 0 amide bonds. The molecule has 0 saturated carbocycles. The number of carbonyl (C=O) groups excluding carboxylic acids is 1. The fraction of sp³-hybridized carbons (Fsp3) is 0.727. The van der Waals surface area contributed by atoms with Crippen molar-refractivity contribution in [3.05, 3.63) is 12.7 Å². The molecule has 1 atom stereocenters. The van der Waals surface area contributed by atoms with E-state index in [4.69, 9.17) is 0 Å². The van der Waals surface area contributed by atoms with Gasteiger partial charge in [0.15, 0.2) is 0 Å². The number of ether oxygens (including phenoxy) is 1. The van der Waals surface area contributed by atoms with Crippen LogP contribution in [0.15, 0.2) is 12.7 Å². The Labute approximate surface area is 81.0 Å². The number of hydrogen-bond acceptors (Lipinski definition) is 2. The molecule has 0 fully saturated rings. The Kier molecular flexibility index (Phi) is 6.29. The van der Waals surface area contributed by atoms with Crippen LogP contribution in [0, 0.1) is 11.8 Å². The highest BCUT2D eigenvalue weighted by Crippen LogP contribution is 2.14. The zero-order valence-electron chi connectivity index (χ0n) is 8.88. The van der Waals surface area contributed by atoms with Crippen molar-refractivity contribution in [2.24, 2.45) is 11.8 Å². The summed E-state index contributed by atoms with van der Waals surface area (Å²) in [5, 5.41) is 0. The van der Waals surface area contributed by atoms with Crippen molar-refractivity contribution in [2.45, 2.75) is 33.1 Å². The average Bonchev–Trinajstić information content (AvgIpc) is 2.11. The van der Waals surface area contributed by atoms with E-state index in [9.17, 15) is 4.79 Å². The summed E-state index contributed by atoms with van der Waals surface area (Å²) in [5.74, 6) is 0.408. The van der Waals surface area contributed by atoms with E-state index in [0.717, 1.165) is 19.3 Å². The number of rotatable bonds is 6. The fourth-order valence-electron chi connectivity index (χ4n) is 1.23. The Balaban J connectivity index is 3.72. The number of esters is 1. The molecule has 2 heteroatoms. The molecule has 76 valence electrons. The van der Waals surface area contributed by atoms with Crippen LogP contribution in [0.3, 0.4) is 0 Å². The van der Waals surface area contributed by atoms with Crippen molar-refractivity contribution in [1.82, 2.24) is 0 Å². The molecule has 0 saturated heterocycles. The number of hydrogen-bond donors (Lipinski definition) is 0. The minimum atomic E-state index is -0.168. The van der Waals surface area contributed by atoms with E-state index in [2.05, 4.69) is 25.2 Å². The maximum absolute atomic E-state index is 11.1. The maximum atomic E-state index is 11.1. The molecule has 0 N–H and O–H groups in total. The quantitative estimate of drug-likeness (QED) is 0.468. The standard InChI is InChI=1S/C11H20O2/c1-5-10(11(12)13-4)8-6-7-9(2)3/h5,9-10H,1,6-8H2,2-4H3/t10-/m0/s1. The van der Waals surface area contributed by atoms with Gasteiger partial charge < -0.3 is 4.74 Å². The lowest BCUT2D eigenvalue weighted by Crippen LogP contribution is -2.13. The second-order valence-corrected chi connectivity index (χ2v) is 3.69. The second kappa shape index (κ2) is 6.70. The zero-order valence-corrected chi connectivity index (χ0v) is 8.88. The molecule has 0 spiro atoms. The molecule has 0 aliphatic heterocycles. The molecule has 0 aromatic rings. The third-order valence-corrected chi connectivity index (χ3v) is 2.09. The summed E-state index contributed by atoms with van der Waals surface area (Å²) >= 11 is 0. The maximum Gasteiger partial charge on any atom is 0.312 e. The van der Waals surface area contributed by atoms with Crippen LogP contribution in [0.25, 0.3) is 0 Å². The van der Waals surface area contributed by atoms with Crippen LogP contribution < -0.4 is 0 Å². The van der Waals surface area contributed by atoms with E-state index < -0.39 is 0 Å². The SMILES string of the molecule is C=C[C@@H](CCCC(C)C)C(=O)OC. The van der Waals surface area contributed by atoms with Gasteiger partial charge in [0, 0.05) is 0 Å². The lowest BCUT2D eigenvalue weighted by atomic mass is 9.98. The van der Waals surface area contributed by atoms with Gasteiger partial charge in [0.25, 0.3) is 0 Å². The predicted octanol–water partition coefficient (Wildman–Crippen LogP) is 2.79. The lowest BCUT2D eigenvalue weighted by molar-refractivity contribution is -0.143. The highest BCUT2D eigenvalue weighted by molar-refractivity contribution is 5.74. The van der Waals surface area contributed by atoms with Gasteiger partial charge in [0.1, 0.15) is 0 Å². The summed E-state index contributed by atoms with van der Waals surface area (Å²) in [6.45, 7) is 7.99. The van der Waals surface area contributed by atoms with Crippen molar-refractivity contribution >= 4 is 5.97 Å². The minimum absolute atomic E-state index is 0.122. The Morgan fingerprint density at radius 3 is 2.46 bits per heavy atom. The zero-order chi connectivity index (χ0) is 10.3. The van der Waals surface area contributed by atoms with Gasteiger partial charge in [-0.25, -0.2) is 0 Å². The summed E-state index contributed by atoms with van der Waals surface area (Å²) < 4.78 is 4.65. The first-order valence-corrected chi connectivity index (χ1v) is 4.82. The van der Waals surface area contributed by atoms with Crippen LogP contribution >= 0.6 is 0 Å². The monoisotopic (exact) mass is 184 g/mol. The van der Waals surface area contributed by atoms with Crippen molar-refractivity contribution in [3.8, 4) is 0 Å². The van der Waals surface area contributed by atoms with Gasteiger partial charge >= 0.3 is 5.97 Å². The molecule has 0 unspecified atom stereocenters. The van der Waals surface area contributed by atoms with Crippen molar-refractivity contribution in [3.63, 3.8) is 0 Å². The lowest BCUT2D eigenvalue weighted by Gasteiger charge is -2.10. The Morgan fingerprint density at radius 1 is 1.46 bits per heavy atom. The van der Waals surface area contributed by atoms with Crippen LogP contribution in [-0.2, 0) is 9.53 Å². The van der Waals surface area contributed by atoms with E-state index in [1.165, 1.54) is 7.11 Å². The molecule has 13 heavy (non-hydrogen) atoms. The van der Waals surface area contributed by atoms with Crippen LogP contribution in [0.5, 0.6) is 0 Å². The number of carbonyl (C=O) groups is 1. The van der Waals surface area contributed by atoms with E-state index >= 15 is 0 Å². The van der Waals surface area contributed by atoms with Gasteiger partial charge in [-0.1, -0.05) is 32.8 Å². The van der Waals surface area contributed by atoms with Crippen LogP contribution in [-0.4, -0.2) is 13.1 Å². The Hall–Kier alpha value is -0.790. The molecule has 0 aromatic carbocycles. The molecular weight excluding hydrogens is 164 g/mol. The molecular formula is C11H20O2. The van der Waals surface area contributed by atoms with Crippen LogP contribution in [0.4, 0.5) is 0 Å². The Morgan fingerprint density at radius 2 is 2.08 bits per heavy atom. The highest BCUT2D eigenvalue weighted by Gasteiger charge is 2.14. The summed E-state index contributed by atoms with van der Waals surface area (Å²) in [6.07, 6.45) is 4.74. The van der Waals surface area contributed by atoms with E-state index in [0.29, 0.717) is 5.92 Å². The van der Waals surface area contributed by atoms with Gasteiger partial charge in [-0.2, -0.15) is 0 Å². The molecule has 0 bridgehead atoms. The summed E-state index contributed by atoms with van der Waals surface area (Å²) in [4.78, 5) is 11.1. The molecule has 0 aromatic heterocycles. The largest absolute Gasteiger partial charge is 0.469 e. The molecule has 0 heterocycles. The number of methoxy groups -OCH3 is 1. The van der Waals surface area contributed by atoms with E-state index in [1.807, 2.05) is 0 Å². The van der Waals surface area contributed by atoms with Gasteiger partial charge in [-0.3, -0.25) is 4.79 Å². The minimum Gasteiger partial charge on any atom is -0.469 e. The Bertz CT molecular complexity index is 161. The van der Waals surface area contributed by atoms with Crippen LogP contribution in [0.2, 0.25) is 0 Å². The van der Waals surface area contributed by atoms with Crippen molar-refractivity contribution in [2.75, 3.05) is 7.11 Å². The van der Waals surface area contributed by atoms with Gasteiger partial charge in [-0.05, 0) is 12.3 Å². The first-order valence-electron chi connectivity index (χ1n) is 4.82. The van der Waals surface area contributed by atoms with Crippen LogP contribution in [0.1, 0.15) is 33.1 Å². The molecule has 0 radical (unpaired) electrons. The summed E-state index contributed by atoms with van der Waals surface area (Å²) in [6, 6.07) is 0. The normalized spacial score (nSPS) is 12.6. The van der Waals surface area contributed by atoms with Gasteiger partial charge in [-0.15, -0.1) is 6.58 Å². The van der Waals surface area contributed by atoms with Crippen molar-refractivity contribution < 1.29 is 9.53 Å². The molecule has 2 nitrogen and oxygen atoms in total. The molecule has 0 rings (SSSR count). The first-order chi connectivity index (χ1) is 6.11.